The number of pyridine rings is 1. The van der Waals surface area contributed by atoms with Crippen LogP contribution < -0.4 is 5.56 Å². The van der Waals surface area contributed by atoms with Crippen molar-refractivity contribution < 1.29 is 1.41 Å². The van der Waals surface area contributed by atoms with Crippen molar-refractivity contribution in [1.29, 1.82) is 0 Å². The second kappa shape index (κ2) is 5.27. The van der Waals surface area contributed by atoms with Crippen molar-refractivity contribution in [2.24, 2.45) is 0 Å². The highest BCUT2D eigenvalue weighted by atomic mass is 16.1. The van der Waals surface area contributed by atoms with Gasteiger partial charge in [-0.15, -0.1) is 0 Å². The molecule has 1 aliphatic carbocycles. The molecule has 5 rings (SSSR count). The van der Waals surface area contributed by atoms with E-state index in [0.717, 1.165) is 29.3 Å². The van der Waals surface area contributed by atoms with Gasteiger partial charge in [0, 0.05) is 24.2 Å². The van der Waals surface area contributed by atoms with Gasteiger partial charge in [0.2, 0.25) is 0 Å². The number of aromatic amines is 2. The quantitative estimate of drug-likeness (QED) is 0.582. The minimum absolute atomic E-state index is 0.101. The van der Waals surface area contributed by atoms with Crippen LogP contribution in [-0.2, 0) is 0 Å². The minimum atomic E-state index is -0.240. The first-order valence-electron chi connectivity index (χ1n) is 9.31. The van der Waals surface area contributed by atoms with Crippen LogP contribution in [0.3, 0.4) is 0 Å². The smallest absolute Gasteiger partial charge is 0.262 e. The molecule has 1 saturated carbocycles. The molecule has 0 radical (unpaired) electrons. The Labute approximate surface area is 151 Å². The van der Waals surface area contributed by atoms with E-state index in [2.05, 4.69) is 52.6 Å². The molecule has 0 spiro atoms. The normalized spacial score (nSPS) is 20.5. The van der Waals surface area contributed by atoms with E-state index in [0.29, 0.717) is 16.9 Å². The minimum Gasteiger partial charge on any atom is -0.310 e. The number of imidazole rings is 1. The lowest BCUT2D eigenvalue weighted by atomic mass is 9.71. The van der Waals surface area contributed by atoms with Crippen molar-refractivity contribution in [3.63, 3.8) is 0 Å². The summed E-state index contributed by atoms with van der Waals surface area (Å²) < 4.78 is 9.88. The number of aryl methyl sites for hydroxylation is 2. The molecule has 4 aromatic rings. The van der Waals surface area contributed by atoms with E-state index >= 15 is 0 Å². The van der Waals surface area contributed by atoms with Gasteiger partial charge in [-0.25, -0.2) is 9.97 Å². The average molecular weight is 349 g/mol. The predicted molar refractivity (Wildman–Crippen MR) is 98.6 cm³/mol. The zero-order chi connectivity index (χ0) is 18.9. The van der Waals surface area contributed by atoms with E-state index < -0.39 is 0 Å². The van der Waals surface area contributed by atoms with Gasteiger partial charge in [-0.05, 0) is 50.3 Å². The summed E-state index contributed by atoms with van der Waals surface area (Å²) in [4.78, 5) is 24.6. The molecular weight excluding hydrogens is 328 g/mol. The van der Waals surface area contributed by atoms with Crippen molar-refractivity contribution in [3.8, 4) is 0 Å². The first kappa shape index (κ1) is 14.2. The number of rotatable bonds is 2. The monoisotopic (exact) mass is 349 g/mol. The van der Waals surface area contributed by atoms with Gasteiger partial charge in [0.15, 0.2) is 7.06 Å². The third kappa shape index (κ3) is 2.06. The van der Waals surface area contributed by atoms with Gasteiger partial charge >= 0.3 is 0 Å². The molecule has 0 amide bonds. The summed E-state index contributed by atoms with van der Waals surface area (Å²) in [6.07, 6.45) is 7.54. The van der Waals surface area contributed by atoms with E-state index in [-0.39, 0.29) is 17.4 Å². The molecule has 0 unspecified atom stereocenters. The molecule has 4 aromatic heterocycles. The summed E-state index contributed by atoms with van der Waals surface area (Å²) in [5.41, 5.74) is 5.79. The zero-order valence-electron chi connectivity index (χ0n) is 15.9. The predicted octanol–water partition coefficient (Wildman–Crippen LogP) is 2.88. The average Bonchev–Trinajstić information content (AvgIpc) is 3.17. The van der Waals surface area contributed by atoms with Crippen LogP contribution in [0.5, 0.6) is 0 Å². The first-order chi connectivity index (χ1) is 12.9. The number of hydrogen-bond donors (Lipinski definition) is 2. The van der Waals surface area contributed by atoms with Crippen LogP contribution in [0.4, 0.5) is 0 Å². The summed E-state index contributed by atoms with van der Waals surface area (Å²) in [6, 6.07) is 0. The van der Waals surface area contributed by atoms with E-state index in [4.69, 9.17) is 6.40 Å². The molecule has 2 N–H and O–H groups in total. The van der Waals surface area contributed by atoms with E-state index in [1.54, 1.807) is 0 Å². The van der Waals surface area contributed by atoms with Gasteiger partial charge < -0.3 is 9.38 Å². The second-order valence-electron chi connectivity index (χ2n) is 7.28. The maximum atomic E-state index is 12.3. The highest BCUT2D eigenvalue weighted by molar-refractivity contribution is 5.72. The Balaban J connectivity index is 1.58. The van der Waals surface area contributed by atoms with Crippen LogP contribution in [-0.4, -0.2) is 29.5 Å². The van der Waals surface area contributed by atoms with Crippen molar-refractivity contribution >= 4 is 16.7 Å². The van der Waals surface area contributed by atoms with Crippen LogP contribution in [0.25, 0.3) is 16.7 Å². The maximum absolute atomic E-state index is 12.3. The Morgan fingerprint density at radius 2 is 1.96 bits per heavy atom. The highest BCUT2D eigenvalue weighted by Gasteiger charge is 2.37. The van der Waals surface area contributed by atoms with Crippen molar-refractivity contribution in [2.75, 3.05) is 0 Å². The molecule has 7 heteroatoms. The summed E-state index contributed by atoms with van der Waals surface area (Å²) in [7, 11) is 0. The Hall–Kier alpha value is -2.96. The standard InChI is InChI=1S/C19H20N6O/c1-9-7-25-8-15(21-18(25)11(3)10(9)2)12-4-5-13(12)16-22-17-14(6-20-24-17)19(26)23-16/h6-8,12-13H,4-5H2,1-3H3,(H2,20,22,23,24,26)/t12-,13-/m0/s1/i/hD. The summed E-state index contributed by atoms with van der Waals surface area (Å²) in [6.45, 7) is 6.34. The summed E-state index contributed by atoms with van der Waals surface area (Å²) in [5, 5.41) is 5.07. The third-order valence-electron chi connectivity index (χ3n) is 5.87. The van der Waals surface area contributed by atoms with Crippen molar-refractivity contribution in [2.45, 2.75) is 45.4 Å². The van der Waals surface area contributed by atoms with Gasteiger partial charge in [-0.3, -0.25) is 9.89 Å². The molecule has 26 heavy (non-hydrogen) atoms. The zero-order valence-corrected chi connectivity index (χ0v) is 14.9. The fourth-order valence-corrected chi connectivity index (χ4v) is 3.91. The Morgan fingerprint density at radius 3 is 2.73 bits per heavy atom. The molecule has 0 aliphatic heterocycles. The second-order valence-corrected chi connectivity index (χ2v) is 7.28. The molecule has 1 fully saturated rings. The number of nitrogens with zero attached hydrogens (tertiary/aromatic N) is 4. The molecule has 0 saturated heterocycles. The Morgan fingerprint density at radius 1 is 1.15 bits per heavy atom. The van der Waals surface area contributed by atoms with Crippen molar-refractivity contribution in [3.05, 3.63) is 57.2 Å². The maximum Gasteiger partial charge on any atom is 0.262 e. The van der Waals surface area contributed by atoms with E-state index in [1.807, 2.05) is 0 Å². The van der Waals surface area contributed by atoms with Crippen molar-refractivity contribution in [1.82, 2.24) is 29.5 Å². The Kier molecular flexibility index (Phi) is 2.88. The number of fused-ring (bicyclic) bond motifs is 2. The van der Waals surface area contributed by atoms with Gasteiger partial charge in [-0.1, -0.05) is 0 Å². The number of hydrogen-bond acceptors (Lipinski definition) is 4. The molecule has 1 aliphatic rings. The largest absolute Gasteiger partial charge is 0.310 e. The van der Waals surface area contributed by atoms with E-state index in [9.17, 15) is 4.79 Å². The fraction of sp³-hybridized carbons (Fsp3) is 0.368. The lowest BCUT2D eigenvalue weighted by Gasteiger charge is -2.34. The SMILES string of the molecule is [2H]n1ncc2c(=O)[nH]c([C@H]3CC[C@@H]3c3cn4cc(C)c(C)c(C)c4n3)nc21. The van der Waals surface area contributed by atoms with Crippen LogP contribution in [0, 0.1) is 20.8 Å². The third-order valence-corrected chi connectivity index (χ3v) is 5.87. The summed E-state index contributed by atoms with van der Waals surface area (Å²) in [5.74, 6) is 0.941. The summed E-state index contributed by atoms with van der Waals surface area (Å²) >= 11 is 0. The molecule has 2 atom stereocenters. The fourth-order valence-electron chi connectivity index (χ4n) is 3.91. The van der Waals surface area contributed by atoms with Crippen LogP contribution in [0.15, 0.2) is 23.4 Å². The molecule has 7 nitrogen and oxygen atoms in total. The lowest BCUT2D eigenvalue weighted by molar-refractivity contribution is 0.327. The Bertz CT molecular complexity index is 1270. The van der Waals surface area contributed by atoms with Crippen LogP contribution in [0.1, 0.15) is 52.9 Å². The van der Waals surface area contributed by atoms with E-state index in [1.165, 1.54) is 22.9 Å². The number of nitrogens with one attached hydrogen (secondary N) is 2. The van der Waals surface area contributed by atoms with Crippen LogP contribution in [0.2, 0.25) is 1.41 Å². The number of aromatic nitrogens is 6. The molecule has 4 heterocycles. The lowest BCUT2D eigenvalue weighted by Crippen LogP contribution is -2.26. The van der Waals surface area contributed by atoms with Gasteiger partial charge in [0.05, 0.1) is 11.9 Å². The molecule has 0 aromatic carbocycles. The molecule has 132 valence electrons. The highest BCUT2D eigenvalue weighted by Crippen LogP contribution is 2.47. The topological polar surface area (TPSA) is 91.7 Å². The first-order valence-corrected chi connectivity index (χ1v) is 8.86. The van der Waals surface area contributed by atoms with Gasteiger partial charge in [-0.2, -0.15) is 5.10 Å². The van der Waals surface area contributed by atoms with Gasteiger partial charge in [0.1, 0.15) is 16.9 Å². The number of H-pyrrole nitrogens is 2. The van der Waals surface area contributed by atoms with Gasteiger partial charge in [0.25, 0.3) is 5.56 Å². The molecular formula is C19H20N6O. The molecule has 0 bridgehead atoms. The van der Waals surface area contributed by atoms with Crippen LogP contribution >= 0.6 is 0 Å².